The van der Waals surface area contributed by atoms with Crippen molar-refractivity contribution in [3.05, 3.63) is 29.8 Å². The second-order valence-corrected chi connectivity index (χ2v) is 6.96. The third-order valence-electron chi connectivity index (χ3n) is 4.82. The van der Waals surface area contributed by atoms with Crippen molar-refractivity contribution >= 4 is 17.7 Å². The Morgan fingerprint density at radius 3 is 2.62 bits per heavy atom. The number of carboxylic acids is 1. The van der Waals surface area contributed by atoms with Crippen LogP contribution in [0.3, 0.4) is 0 Å². The van der Waals surface area contributed by atoms with Gasteiger partial charge in [0.2, 0.25) is 0 Å². The minimum Gasteiger partial charge on any atom is -0.548 e. The predicted molar refractivity (Wildman–Crippen MR) is 94.2 cm³/mol. The van der Waals surface area contributed by atoms with Crippen LogP contribution in [0, 0.1) is 5.92 Å². The van der Waals surface area contributed by atoms with Crippen molar-refractivity contribution < 1.29 is 70.8 Å². The summed E-state index contributed by atoms with van der Waals surface area (Å²) in [6.45, 7) is 4.14. The molecule has 2 N–H and O–H groups in total. The number of anilines is 1. The van der Waals surface area contributed by atoms with E-state index in [9.17, 15) is 14.7 Å². The summed E-state index contributed by atoms with van der Waals surface area (Å²) in [5.41, 5.74) is 1.74. The Hall–Kier alpha value is -0.444. The molecule has 0 aliphatic heterocycles. The Morgan fingerprint density at radius 1 is 1.27 bits per heavy atom. The van der Waals surface area contributed by atoms with Crippen molar-refractivity contribution in [2.24, 2.45) is 5.92 Å². The van der Waals surface area contributed by atoms with Crippen molar-refractivity contribution in [2.45, 2.75) is 57.6 Å². The molecule has 0 bridgehead atoms. The molecule has 26 heavy (non-hydrogen) atoms. The van der Waals surface area contributed by atoms with E-state index >= 15 is 0 Å². The summed E-state index contributed by atoms with van der Waals surface area (Å²) in [7, 11) is 1.63. The van der Waals surface area contributed by atoms with Crippen LogP contribution in [0.5, 0.6) is 0 Å². The van der Waals surface area contributed by atoms with Gasteiger partial charge in [0.1, 0.15) is 0 Å². The second-order valence-electron chi connectivity index (χ2n) is 6.96. The number of nitrogens with one attached hydrogen (secondary N) is 2. The largest absolute Gasteiger partial charge is 1.00 e. The smallest absolute Gasteiger partial charge is 0.548 e. The number of urea groups is 1. The normalized spacial score (nSPS) is 20.8. The molecule has 0 radical (unpaired) electrons. The van der Waals surface area contributed by atoms with Crippen molar-refractivity contribution in [3.63, 3.8) is 0 Å². The summed E-state index contributed by atoms with van der Waals surface area (Å²) < 4.78 is 5.35. The molecule has 3 unspecified atom stereocenters. The molecule has 1 aliphatic carbocycles. The first kappa shape index (κ1) is 23.6. The average Bonchev–Trinajstić information content (AvgIpc) is 2.59. The van der Waals surface area contributed by atoms with Gasteiger partial charge in [0.15, 0.2) is 0 Å². The Kier molecular flexibility index (Phi) is 10.4. The van der Waals surface area contributed by atoms with Crippen LogP contribution >= 0.6 is 0 Å². The summed E-state index contributed by atoms with van der Waals surface area (Å²) in [4.78, 5) is 23.8. The van der Waals surface area contributed by atoms with Gasteiger partial charge in [-0.25, -0.2) is 4.79 Å². The fourth-order valence-corrected chi connectivity index (χ4v) is 3.35. The van der Waals surface area contributed by atoms with E-state index < -0.39 is 18.0 Å². The zero-order valence-corrected chi connectivity index (χ0v) is 19.2. The van der Waals surface area contributed by atoms with Crippen LogP contribution in [0.4, 0.5) is 10.5 Å². The number of carbonyl (C=O) groups is 2. The van der Waals surface area contributed by atoms with Crippen molar-refractivity contribution in [1.82, 2.24) is 5.32 Å². The van der Waals surface area contributed by atoms with Crippen LogP contribution in [0.1, 0.15) is 51.0 Å². The Bertz CT molecular complexity index is 609. The number of carbonyl (C=O) groups excluding carboxylic acids is 2. The molecule has 0 heterocycles. The van der Waals surface area contributed by atoms with Crippen LogP contribution in [0.25, 0.3) is 0 Å². The molecule has 3 atom stereocenters. The first-order chi connectivity index (χ1) is 11.9. The number of hydrogen-bond donors (Lipinski definition) is 2. The molecule has 0 aromatic heterocycles. The van der Waals surface area contributed by atoms with E-state index in [1.807, 2.05) is 18.2 Å². The summed E-state index contributed by atoms with van der Waals surface area (Å²) in [5.74, 6) is -1.10. The number of rotatable bonds is 6. The van der Waals surface area contributed by atoms with Crippen molar-refractivity contribution in [2.75, 3.05) is 12.4 Å². The minimum atomic E-state index is -1.26. The molecule has 0 spiro atoms. The van der Waals surface area contributed by atoms with Gasteiger partial charge in [-0.3, -0.25) is 0 Å². The molecule has 2 rings (SSSR count). The maximum atomic E-state index is 12.3. The molecule has 1 aliphatic rings. The Labute approximate surface area is 197 Å². The molecule has 1 saturated carbocycles. The van der Waals surface area contributed by atoms with E-state index in [0.717, 1.165) is 24.8 Å². The van der Waals surface area contributed by atoms with Gasteiger partial charge < -0.3 is 25.3 Å². The first-order valence-electron chi connectivity index (χ1n) is 8.81. The third kappa shape index (κ3) is 6.94. The van der Waals surface area contributed by atoms with Gasteiger partial charge in [0.25, 0.3) is 0 Å². The first-order valence-corrected chi connectivity index (χ1v) is 8.81. The van der Waals surface area contributed by atoms with Gasteiger partial charge >= 0.3 is 57.4 Å². The van der Waals surface area contributed by atoms with Gasteiger partial charge in [-0.1, -0.05) is 32.4 Å². The predicted octanol–water partition coefficient (Wildman–Crippen LogP) is -0.741. The summed E-state index contributed by atoms with van der Waals surface area (Å²) >= 11 is 0. The molecule has 6 nitrogen and oxygen atoms in total. The number of benzene rings is 1. The summed E-state index contributed by atoms with van der Waals surface area (Å²) in [5, 5.41) is 16.8. The SMILES string of the molecule is COC1CCCC(C(NC(=O)Nc2cccc(C(C)C)c2)C(=O)[O-])C1.[K+]. The van der Waals surface area contributed by atoms with Gasteiger partial charge in [-0.15, -0.1) is 0 Å². The molecular weight excluding hydrogens is 359 g/mol. The maximum Gasteiger partial charge on any atom is 1.00 e. The maximum absolute atomic E-state index is 12.3. The zero-order valence-electron chi connectivity index (χ0n) is 16.1. The van der Waals surface area contributed by atoms with Crippen LogP contribution in [0.2, 0.25) is 0 Å². The van der Waals surface area contributed by atoms with Gasteiger partial charge in [0, 0.05) is 12.8 Å². The molecule has 2 amide bonds. The van der Waals surface area contributed by atoms with Gasteiger partial charge in [0.05, 0.1) is 18.1 Å². The molecule has 1 aromatic rings. The molecule has 1 fully saturated rings. The zero-order chi connectivity index (χ0) is 18.4. The molecule has 7 heteroatoms. The fourth-order valence-electron chi connectivity index (χ4n) is 3.35. The quantitative estimate of drug-likeness (QED) is 0.630. The van der Waals surface area contributed by atoms with Crippen LogP contribution in [0.15, 0.2) is 24.3 Å². The number of ether oxygens (including phenoxy) is 1. The van der Waals surface area contributed by atoms with Crippen molar-refractivity contribution in [1.29, 1.82) is 0 Å². The minimum absolute atomic E-state index is 0. The molecular formula is C19H27KN2O4. The van der Waals surface area contributed by atoms with Gasteiger partial charge in [-0.05, 0) is 48.8 Å². The fraction of sp³-hybridized carbons (Fsp3) is 0.579. The topological polar surface area (TPSA) is 90.5 Å². The monoisotopic (exact) mass is 386 g/mol. The van der Waals surface area contributed by atoms with Crippen LogP contribution in [-0.4, -0.2) is 31.3 Å². The van der Waals surface area contributed by atoms with E-state index in [1.165, 1.54) is 0 Å². The van der Waals surface area contributed by atoms with Crippen LogP contribution in [-0.2, 0) is 9.53 Å². The van der Waals surface area contributed by atoms with E-state index in [1.54, 1.807) is 13.2 Å². The molecule has 138 valence electrons. The number of amides is 2. The van der Waals surface area contributed by atoms with Gasteiger partial charge in [-0.2, -0.15) is 0 Å². The summed E-state index contributed by atoms with van der Waals surface area (Å²) in [6, 6.07) is 5.97. The Morgan fingerprint density at radius 2 is 2.00 bits per heavy atom. The number of carboxylic acid groups (broad SMARTS) is 1. The molecule has 0 saturated heterocycles. The van der Waals surface area contributed by atoms with Crippen LogP contribution < -0.4 is 67.1 Å². The standard InChI is InChI=1S/C19H28N2O4.K/c1-12(2)13-6-4-8-15(10-13)20-19(24)21-17(18(22)23)14-7-5-9-16(11-14)25-3;/h4,6,8,10,12,14,16-17H,5,7,9,11H2,1-3H3,(H,22,23)(H2,20,21,24);/q;+1/p-1. The Balaban J connectivity index is 0.00000338. The number of aliphatic carboxylic acids is 1. The van der Waals surface area contributed by atoms with E-state index in [2.05, 4.69) is 24.5 Å². The van der Waals surface area contributed by atoms with E-state index in [0.29, 0.717) is 18.0 Å². The second kappa shape index (κ2) is 11.4. The third-order valence-corrected chi connectivity index (χ3v) is 4.82. The summed E-state index contributed by atoms with van der Waals surface area (Å²) in [6.07, 6.45) is 3.18. The number of methoxy groups -OCH3 is 1. The van der Waals surface area contributed by atoms with Crippen molar-refractivity contribution in [3.8, 4) is 0 Å². The van der Waals surface area contributed by atoms with E-state index in [4.69, 9.17) is 4.74 Å². The average molecular weight is 387 g/mol. The van der Waals surface area contributed by atoms with E-state index in [-0.39, 0.29) is 63.4 Å². The number of hydrogen-bond acceptors (Lipinski definition) is 4. The molecule has 1 aromatic carbocycles.